The summed E-state index contributed by atoms with van der Waals surface area (Å²) >= 11 is 0. The number of hydrogen-bond donors (Lipinski definition) is 2. The summed E-state index contributed by atoms with van der Waals surface area (Å²) < 4.78 is 25.8. The van der Waals surface area contributed by atoms with Crippen LogP contribution in [0.15, 0.2) is 0 Å². The molecule has 2 fully saturated rings. The maximum absolute atomic E-state index is 12.9. The second-order valence-corrected chi connectivity index (χ2v) is 9.40. The Bertz CT molecular complexity index is 470. The van der Waals surface area contributed by atoms with Crippen molar-refractivity contribution >= 4 is 28.2 Å². The second kappa shape index (κ2) is 9.23. The van der Waals surface area contributed by atoms with Crippen LogP contribution in [0, 0.1) is 5.92 Å². The van der Waals surface area contributed by atoms with E-state index in [9.17, 15) is 13.2 Å². The Kier molecular flexibility index (Phi) is 8.31. The van der Waals surface area contributed by atoms with Gasteiger partial charge >= 0.3 is 0 Å². The number of carbonyl (C=O) groups is 1. The first-order valence-electron chi connectivity index (χ1n) is 8.66. The van der Waals surface area contributed by atoms with Crippen molar-refractivity contribution in [1.29, 1.82) is 0 Å². The van der Waals surface area contributed by atoms with Crippen LogP contribution >= 0.6 is 12.4 Å². The summed E-state index contributed by atoms with van der Waals surface area (Å²) in [6.45, 7) is 5.17. The molecule has 5 nitrogen and oxygen atoms in total. The maximum Gasteiger partial charge on any atom is 0.238 e. The van der Waals surface area contributed by atoms with Gasteiger partial charge in [-0.05, 0) is 38.1 Å². The van der Waals surface area contributed by atoms with Gasteiger partial charge in [-0.15, -0.1) is 12.4 Å². The van der Waals surface area contributed by atoms with Crippen LogP contribution in [0.4, 0.5) is 0 Å². The molecular weight excluding hydrogens is 336 g/mol. The molecule has 0 aromatic rings. The second-order valence-electron chi connectivity index (χ2n) is 7.05. The molecule has 2 unspecified atom stereocenters. The van der Waals surface area contributed by atoms with E-state index in [-0.39, 0.29) is 35.5 Å². The largest absolute Gasteiger partial charge is 0.353 e. The molecule has 2 atom stereocenters. The molecule has 2 rings (SSSR count). The van der Waals surface area contributed by atoms with Crippen molar-refractivity contribution in [2.24, 2.45) is 5.92 Å². The number of nitrogens with one attached hydrogen (secondary N) is 2. The minimum absolute atomic E-state index is 0. The average molecular weight is 367 g/mol. The van der Waals surface area contributed by atoms with Crippen molar-refractivity contribution in [3.8, 4) is 0 Å². The van der Waals surface area contributed by atoms with Crippen LogP contribution in [0.5, 0.6) is 0 Å². The first kappa shape index (κ1) is 20.7. The Morgan fingerprint density at radius 3 is 2.30 bits per heavy atom. The lowest BCUT2D eigenvalue weighted by molar-refractivity contribution is -0.121. The molecule has 2 N–H and O–H groups in total. The molecule has 0 bridgehead atoms. The third-order valence-electron chi connectivity index (χ3n) is 4.92. The molecule has 1 aliphatic carbocycles. The van der Waals surface area contributed by atoms with E-state index in [1.165, 1.54) is 0 Å². The van der Waals surface area contributed by atoms with E-state index in [2.05, 4.69) is 10.6 Å². The van der Waals surface area contributed by atoms with E-state index in [4.69, 9.17) is 0 Å². The molecule has 1 amide bonds. The highest BCUT2D eigenvalue weighted by atomic mass is 35.5. The molecule has 0 radical (unpaired) electrons. The van der Waals surface area contributed by atoms with Gasteiger partial charge in [-0.2, -0.15) is 0 Å². The third-order valence-corrected chi connectivity index (χ3v) is 7.79. The van der Waals surface area contributed by atoms with Crippen molar-refractivity contribution in [2.45, 2.75) is 75.3 Å². The van der Waals surface area contributed by atoms with Crippen LogP contribution in [0.1, 0.15) is 58.8 Å². The van der Waals surface area contributed by atoms with Gasteiger partial charge in [-0.3, -0.25) is 4.79 Å². The van der Waals surface area contributed by atoms with Crippen molar-refractivity contribution in [1.82, 2.24) is 10.6 Å². The van der Waals surface area contributed by atoms with Gasteiger partial charge in [0.15, 0.2) is 9.84 Å². The molecule has 1 saturated heterocycles. The van der Waals surface area contributed by atoms with E-state index in [0.29, 0.717) is 19.4 Å². The minimum atomic E-state index is -3.40. The number of sulfone groups is 1. The van der Waals surface area contributed by atoms with Crippen molar-refractivity contribution < 1.29 is 13.2 Å². The van der Waals surface area contributed by atoms with Gasteiger partial charge in [0, 0.05) is 12.6 Å². The molecule has 1 saturated carbocycles. The summed E-state index contributed by atoms with van der Waals surface area (Å²) in [5.74, 6) is -0.502. The number of amides is 1. The van der Waals surface area contributed by atoms with Gasteiger partial charge in [0.25, 0.3) is 0 Å². The molecule has 136 valence electrons. The monoisotopic (exact) mass is 366 g/mol. The first-order valence-corrected chi connectivity index (χ1v) is 10.3. The molecule has 0 aromatic carbocycles. The molecular formula is C16H31ClN2O3S. The number of carbonyl (C=O) groups excluding carboxylic acids is 1. The summed E-state index contributed by atoms with van der Waals surface area (Å²) in [5, 5.41) is 4.95. The minimum Gasteiger partial charge on any atom is -0.353 e. The first-order chi connectivity index (χ1) is 10.4. The molecule has 2 aliphatic rings. The highest BCUT2D eigenvalue weighted by Gasteiger charge is 2.41. The van der Waals surface area contributed by atoms with E-state index in [1.54, 1.807) is 0 Å². The topological polar surface area (TPSA) is 75.3 Å². The van der Waals surface area contributed by atoms with Gasteiger partial charge in [0.1, 0.15) is 5.25 Å². The third kappa shape index (κ3) is 5.33. The van der Waals surface area contributed by atoms with Crippen LogP contribution < -0.4 is 10.6 Å². The standard InChI is InChI=1S/C16H30N2O3S.ClH/c1-12(2)15(16(19)18-11-13-7-6-10-17-13)22(20,21)14-8-4-3-5-9-14;/h12-15,17H,3-11H2,1-2H3,(H,18,19);1H. The SMILES string of the molecule is CC(C)C(C(=O)NCC1CCCN1)S(=O)(=O)C1CCCCC1.Cl. The molecule has 1 heterocycles. The van der Waals surface area contributed by atoms with Crippen molar-refractivity contribution in [3.63, 3.8) is 0 Å². The smallest absolute Gasteiger partial charge is 0.238 e. The lowest BCUT2D eigenvalue weighted by atomic mass is 10.0. The zero-order valence-electron chi connectivity index (χ0n) is 14.2. The Balaban J connectivity index is 0.00000264. The van der Waals surface area contributed by atoms with Crippen LogP contribution in [-0.2, 0) is 14.6 Å². The molecule has 7 heteroatoms. The fourth-order valence-electron chi connectivity index (χ4n) is 3.69. The normalized spacial score (nSPS) is 24.2. The van der Waals surface area contributed by atoms with Gasteiger partial charge < -0.3 is 10.6 Å². The fraction of sp³-hybridized carbons (Fsp3) is 0.938. The number of halogens is 1. The van der Waals surface area contributed by atoms with E-state index >= 15 is 0 Å². The van der Waals surface area contributed by atoms with Gasteiger partial charge in [-0.1, -0.05) is 33.1 Å². The summed E-state index contributed by atoms with van der Waals surface area (Å²) in [7, 11) is -3.40. The Morgan fingerprint density at radius 2 is 1.78 bits per heavy atom. The summed E-state index contributed by atoms with van der Waals surface area (Å²) in [5.41, 5.74) is 0. The molecule has 0 aromatic heterocycles. The fourth-order valence-corrected chi connectivity index (χ4v) is 6.23. The molecule has 0 spiro atoms. The predicted molar refractivity (Wildman–Crippen MR) is 95.7 cm³/mol. The average Bonchev–Trinajstić information content (AvgIpc) is 2.99. The van der Waals surface area contributed by atoms with Crippen molar-refractivity contribution in [2.75, 3.05) is 13.1 Å². The van der Waals surface area contributed by atoms with Crippen LogP contribution in [0.3, 0.4) is 0 Å². The highest BCUT2D eigenvalue weighted by Crippen LogP contribution is 2.29. The summed E-state index contributed by atoms with van der Waals surface area (Å²) in [4.78, 5) is 12.5. The van der Waals surface area contributed by atoms with Gasteiger partial charge in [0.2, 0.25) is 5.91 Å². The van der Waals surface area contributed by atoms with Crippen LogP contribution in [-0.4, -0.2) is 44.0 Å². The Morgan fingerprint density at radius 1 is 1.13 bits per heavy atom. The van der Waals surface area contributed by atoms with Crippen LogP contribution in [0.2, 0.25) is 0 Å². The predicted octanol–water partition coefficient (Wildman–Crippen LogP) is 2.05. The number of rotatable bonds is 6. The summed E-state index contributed by atoms with van der Waals surface area (Å²) in [6.07, 6.45) is 6.62. The summed E-state index contributed by atoms with van der Waals surface area (Å²) in [6, 6.07) is 0.286. The van der Waals surface area contributed by atoms with E-state index in [1.807, 2.05) is 13.8 Å². The quantitative estimate of drug-likeness (QED) is 0.754. The van der Waals surface area contributed by atoms with Gasteiger partial charge in [0.05, 0.1) is 5.25 Å². The van der Waals surface area contributed by atoms with Crippen LogP contribution in [0.25, 0.3) is 0 Å². The maximum atomic E-state index is 12.9. The zero-order chi connectivity index (χ0) is 16.2. The van der Waals surface area contributed by atoms with E-state index < -0.39 is 15.1 Å². The zero-order valence-corrected chi connectivity index (χ0v) is 15.8. The van der Waals surface area contributed by atoms with Gasteiger partial charge in [-0.25, -0.2) is 8.42 Å². The lowest BCUT2D eigenvalue weighted by Gasteiger charge is -2.28. The lowest BCUT2D eigenvalue weighted by Crippen LogP contribution is -2.49. The van der Waals surface area contributed by atoms with E-state index in [0.717, 1.165) is 38.6 Å². The Hall–Kier alpha value is -0.330. The highest BCUT2D eigenvalue weighted by molar-refractivity contribution is 7.93. The molecule has 23 heavy (non-hydrogen) atoms. The Labute approximate surface area is 146 Å². The van der Waals surface area contributed by atoms with Crippen molar-refractivity contribution in [3.05, 3.63) is 0 Å². The molecule has 1 aliphatic heterocycles. The number of hydrogen-bond acceptors (Lipinski definition) is 4.